The zero-order valence-electron chi connectivity index (χ0n) is 15.4. The lowest BCUT2D eigenvalue weighted by atomic mass is 9.97. The number of likely N-dealkylation sites (tertiary alicyclic amines) is 1. The molecule has 1 atom stereocenters. The molecule has 1 fully saturated rings. The fraction of sp³-hybridized carbons (Fsp3) is 0.722. The molecule has 0 amide bonds. The molecule has 1 saturated heterocycles. The lowest BCUT2D eigenvalue weighted by molar-refractivity contribution is 0.143. The predicted molar refractivity (Wildman–Crippen MR) is 113 cm³/mol. The number of aliphatic imine (C=N–C) groups is 1. The van der Waals surface area contributed by atoms with E-state index in [-0.39, 0.29) is 24.0 Å². The third kappa shape index (κ3) is 7.42. The Labute approximate surface area is 164 Å². The van der Waals surface area contributed by atoms with Gasteiger partial charge in [-0.1, -0.05) is 0 Å². The van der Waals surface area contributed by atoms with Gasteiger partial charge >= 0.3 is 0 Å². The summed E-state index contributed by atoms with van der Waals surface area (Å²) in [6, 6.07) is 4.76. The van der Waals surface area contributed by atoms with Crippen LogP contribution in [0, 0.1) is 5.92 Å². The third-order valence-electron chi connectivity index (χ3n) is 4.46. The number of halogens is 1. The SMILES string of the molecule is CCNC(=NCC1CCCN(C(C)C)C1)NCCn1cccc1.I. The first-order valence-electron chi connectivity index (χ1n) is 9.06. The normalized spacial score (nSPS) is 19.2. The Bertz CT molecular complexity index is 458. The van der Waals surface area contributed by atoms with Crippen LogP contribution in [-0.2, 0) is 6.54 Å². The zero-order chi connectivity index (χ0) is 16.5. The molecule has 1 aliphatic heterocycles. The molecule has 2 heterocycles. The van der Waals surface area contributed by atoms with Gasteiger partial charge in [0, 0.05) is 51.2 Å². The van der Waals surface area contributed by atoms with E-state index in [0.717, 1.165) is 32.1 Å². The number of rotatable bonds is 7. The molecule has 0 bridgehead atoms. The van der Waals surface area contributed by atoms with Gasteiger partial charge in [-0.05, 0) is 58.2 Å². The monoisotopic (exact) mass is 447 g/mol. The summed E-state index contributed by atoms with van der Waals surface area (Å²) in [6.07, 6.45) is 6.79. The van der Waals surface area contributed by atoms with Gasteiger partial charge in [0.05, 0.1) is 0 Å². The van der Waals surface area contributed by atoms with Gasteiger partial charge < -0.3 is 20.1 Å². The van der Waals surface area contributed by atoms with Crippen LogP contribution in [0.2, 0.25) is 0 Å². The van der Waals surface area contributed by atoms with E-state index in [4.69, 9.17) is 4.99 Å². The zero-order valence-corrected chi connectivity index (χ0v) is 17.7. The molecule has 2 N–H and O–H groups in total. The highest BCUT2D eigenvalue weighted by Crippen LogP contribution is 2.18. The summed E-state index contributed by atoms with van der Waals surface area (Å²) in [5.41, 5.74) is 0. The van der Waals surface area contributed by atoms with E-state index in [1.807, 2.05) is 0 Å². The second-order valence-electron chi connectivity index (χ2n) is 6.66. The van der Waals surface area contributed by atoms with Gasteiger partial charge in [-0.3, -0.25) is 4.99 Å². The van der Waals surface area contributed by atoms with Crippen molar-refractivity contribution in [2.75, 3.05) is 32.7 Å². The first kappa shape index (κ1) is 21.3. The van der Waals surface area contributed by atoms with Gasteiger partial charge in [-0.2, -0.15) is 0 Å². The summed E-state index contributed by atoms with van der Waals surface area (Å²) in [7, 11) is 0. The average molecular weight is 447 g/mol. The Morgan fingerprint density at radius 2 is 2.00 bits per heavy atom. The maximum Gasteiger partial charge on any atom is 0.191 e. The van der Waals surface area contributed by atoms with Crippen molar-refractivity contribution in [2.24, 2.45) is 10.9 Å². The minimum atomic E-state index is 0. The molecule has 6 heteroatoms. The van der Waals surface area contributed by atoms with Gasteiger partial charge in [-0.25, -0.2) is 0 Å². The molecule has 0 aromatic carbocycles. The van der Waals surface area contributed by atoms with Crippen molar-refractivity contribution in [3.05, 3.63) is 24.5 Å². The second-order valence-corrected chi connectivity index (χ2v) is 6.66. The maximum absolute atomic E-state index is 4.81. The summed E-state index contributed by atoms with van der Waals surface area (Å²) >= 11 is 0. The first-order chi connectivity index (χ1) is 11.2. The van der Waals surface area contributed by atoms with Crippen LogP contribution in [0.3, 0.4) is 0 Å². The van der Waals surface area contributed by atoms with Crippen molar-refractivity contribution < 1.29 is 0 Å². The van der Waals surface area contributed by atoms with Crippen molar-refractivity contribution in [1.82, 2.24) is 20.1 Å². The Morgan fingerprint density at radius 3 is 2.67 bits per heavy atom. The molecular formula is C18H34IN5. The lowest BCUT2D eigenvalue weighted by Crippen LogP contribution is -2.42. The summed E-state index contributed by atoms with van der Waals surface area (Å²) in [5, 5.41) is 6.79. The molecule has 0 spiro atoms. The smallest absolute Gasteiger partial charge is 0.191 e. The summed E-state index contributed by atoms with van der Waals surface area (Å²) in [5.74, 6) is 1.63. The van der Waals surface area contributed by atoms with Gasteiger partial charge in [-0.15, -0.1) is 24.0 Å². The second kappa shape index (κ2) is 11.7. The topological polar surface area (TPSA) is 44.6 Å². The van der Waals surface area contributed by atoms with Crippen molar-refractivity contribution >= 4 is 29.9 Å². The molecule has 0 aliphatic carbocycles. The van der Waals surface area contributed by atoms with Gasteiger partial charge in [0.15, 0.2) is 5.96 Å². The molecular weight excluding hydrogens is 413 g/mol. The third-order valence-corrected chi connectivity index (χ3v) is 4.46. The van der Waals surface area contributed by atoms with Crippen LogP contribution in [-0.4, -0.2) is 54.2 Å². The number of piperidine rings is 1. The van der Waals surface area contributed by atoms with Crippen LogP contribution in [0.4, 0.5) is 0 Å². The number of hydrogen-bond acceptors (Lipinski definition) is 2. The van der Waals surface area contributed by atoms with Gasteiger partial charge in [0.1, 0.15) is 0 Å². The van der Waals surface area contributed by atoms with Crippen LogP contribution in [0.5, 0.6) is 0 Å². The Balaban J connectivity index is 0.00000288. The Hall–Kier alpha value is -0.760. The molecule has 5 nitrogen and oxygen atoms in total. The van der Waals surface area contributed by atoms with Crippen LogP contribution in [0.15, 0.2) is 29.5 Å². The summed E-state index contributed by atoms with van der Waals surface area (Å²) in [6.45, 7) is 12.8. The highest BCUT2D eigenvalue weighted by molar-refractivity contribution is 14.0. The van der Waals surface area contributed by atoms with E-state index >= 15 is 0 Å². The molecule has 0 radical (unpaired) electrons. The van der Waals surface area contributed by atoms with Crippen molar-refractivity contribution in [3.8, 4) is 0 Å². The number of nitrogens with zero attached hydrogens (tertiary/aromatic N) is 3. The number of aromatic nitrogens is 1. The molecule has 1 aromatic rings. The summed E-state index contributed by atoms with van der Waals surface area (Å²) in [4.78, 5) is 7.39. The van der Waals surface area contributed by atoms with Crippen molar-refractivity contribution in [2.45, 2.75) is 46.2 Å². The molecule has 1 unspecified atom stereocenters. The van der Waals surface area contributed by atoms with E-state index in [1.165, 1.54) is 25.9 Å². The highest BCUT2D eigenvalue weighted by atomic mass is 127. The van der Waals surface area contributed by atoms with E-state index in [1.54, 1.807) is 0 Å². The fourth-order valence-electron chi connectivity index (χ4n) is 3.10. The van der Waals surface area contributed by atoms with Crippen molar-refractivity contribution in [1.29, 1.82) is 0 Å². The minimum Gasteiger partial charge on any atom is -0.357 e. The fourth-order valence-corrected chi connectivity index (χ4v) is 3.10. The van der Waals surface area contributed by atoms with E-state index in [0.29, 0.717) is 12.0 Å². The van der Waals surface area contributed by atoms with Crippen LogP contribution >= 0.6 is 24.0 Å². The van der Waals surface area contributed by atoms with Gasteiger partial charge in [0.2, 0.25) is 0 Å². The van der Waals surface area contributed by atoms with Crippen LogP contribution in [0.25, 0.3) is 0 Å². The average Bonchev–Trinajstić information content (AvgIpc) is 3.06. The Morgan fingerprint density at radius 1 is 1.25 bits per heavy atom. The molecule has 138 valence electrons. The number of guanidine groups is 1. The summed E-state index contributed by atoms with van der Waals surface area (Å²) < 4.78 is 2.18. The van der Waals surface area contributed by atoms with Crippen molar-refractivity contribution in [3.63, 3.8) is 0 Å². The maximum atomic E-state index is 4.81. The van der Waals surface area contributed by atoms with E-state index in [2.05, 4.69) is 65.4 Å². The quantitative estimate of drug-likeness (QED) is 0.384. The Kier molecular flexibility index (Phi) is 10.4. The molecule has 1 aromatic heterocycles. The minimum absolute atomic E-state index is 0. The molecule has 0 saturated carbocycles. The van der Waals surface area contributed by atoms with Crippen LogP contribution in [0.1, 0.15) is 33.6 Å². The van der Waals surface area contributed by atoms with Crippen LogP contribution < -0.4 is 10.6 Å². The van der Waals surface area contributed by atoms with E-state index in [9.17, 15) is 0 Å². The predicted octanol–water partition coefficient (Wildman–Crippen LogP) is 2.78. The first-order valence-corrected chi connectivity index (χ1v) is 9.06. The number of nitrogens with one attached hydrogen (secondary N) is 2. The molecule has 2 rings (SSSR count). The van der Waals surface area contributed by atoms with E-state index < -0.39 is 0 Å². The standard InChI is InChI=1S/C18H33N5.HI/c1-4-19-18(20-9-13-22-10-5-6-11-22)21-14-17-8-7-12-23(15-17)16(2)3;/h5-6,10-11,16-17H,4,7-9,12-15H2,1-3H3,(H2,19,20,21);1H. The largest absolute Gasteiger partial charge is 0.357 e. The molecule has 1 aliphatic rings. The lowest BCUT2D eigenvalue weighted by Gasteiger charge is -2.34. The number of hydrogen-bond donors (Lipinski definition) is 2. The molecule has 24 heavy (non-hydrogen) atoms. The highest BCUT2D eigenvalue weighted by Gasteiger charge is 2.21. The van der Waals surface area contributed by atoms with Gasteiger partial charge in [0.25, 0.3) is 0 Å².